The predicted octanol–water partition coefficient (Wildman–Crippen LogP) is 3.15. The smallest absolute Gasteiger partial charge is 0.0794 e. The fourth-order valence-corrected chi connectivity index (χ4v) is 2.71. The van der Waals surface area contributed by atoms with E-state index in [1.165, 1.54) is 4.88 Å². The van der Waals surface area contributed by atoms with Crippen molar-refractivity contribution in [3.63, 3.8) is 0 Å². The van der Waals surface area contributed by atoms with Crippen LogP contribution < -0.4 is 11.3 Å². The van der Waals surface area contributed by atoms with Gasteiger partial charge in [-0.3, -0.25) is 16.3 Å². The molecule has 3 nitrogen and oxygen atoms in total. The minimum atomic E-state index is 0.0601. The average Bonchev–Trinajstić information content (AvgIpc) is 2.82. The monoisotopic (exact) mass is 379 g/mol. The second kappa shape index (κ2) is 6.10. The summed E-state index contributed by atoms with van der Waals surface area (Å²) in [4.78, 5) is 5.25. The molecule has 17 heavy (non-hydrogen) atoms. The predicted molar refractivity (Wildman–Crippen MR) is 80.1 cm³/mol. The highest BCUT2D eigenvalue weighted by atomic mass is 127. The molecule has 0 aliphatic carbocycles. The summed E-state index contributed by atoms with van der Waals surface area (Å²) in [5, 5.41) is 0.757. The van der Waals surface area contributed by atoms with Crippen LogP contribution >= 0.6 is 45.5 Å². The van der Waals surface area contributed by atoms with Crippen molar-refractivity contribution < 1.29 is 0 Å². The van der Waals surface area contributed by atoms with Crippen molar-refractivity contribution in [1.29, 1.82) is 0 Å². The number of nitrogens with zero attached hydrogens (tertiary/aromatic N) is 1. The molecule has 0 fully saturated rings. The Hall–Kier alpha value is -0.210. The molecule has 1 aromatic heterocycles. The standard InChI is InChI=1S/C11H11ClIN3S/c12-9-3-7(1-2-10(9)13)11(16-14)4-8-5-15-6-17-8/h1-3,5-6,11,16H,4,14H2. The number of benzene rings is 1. The maximum absolute atomic E-state index is 6.11. The molecule has 0 amide bonds. The van der Waals surface area contributed by atoms with Crippen molar-refractivity contribution in [3.05, 3.63) is 48.9 Å². The van der Waals surface area contributed by atoms with Gasteiger partial charge in [0.2, 0.25) is 0 Å². The first-order valence-electron chi connectivity index (χ1n) is 4.99. The van der Waals surface area contributed by atoms with Gasteiger partial charge in [-0.1, -0.05) is 17.7 Å². The highest BCUT2D eigenvalue weighted by Gasteiger charge is 2.12. The van der Waals surface area contributed by atoms with Crippen molar-refractivity contribution in [1.82, 2.24) is 10.4 Å². The lowest BCUT2D eigenvalue weighted by molar-refractivity contribution is 0.555. The van der Waals surface area contributed by atoms with E-state index in [1.807, 2.05) is 29.9 Å². The summed E-state index contributed by atoms with van der Waals surface area (Å²) in [6.07, 6.45) is 2.68. The Balaban J connectivity index is 2.20. The van der Waals surface area contributed by atoms with Crippen LogP contribution in [-0.4, -0.2) is 4.98 Å². The van der Waals surface area contributed by atoms with Crippen LogP contribution in [0.1, 0.15) is 16.5 Å². The van der Waals surface area contributed by atoms with Gasteiger partial charge in [0.15, 0.2) is 0 Å². The molecule has 0 aliphatic heterocycles. The first-order chi connectivity index (χ1) is 8.20. The fourth-order valence-electron chi connectivity index (χ4n) is 1.55. The van der Waals surface area contributed by atoms with Crippen LogP contribution in [0.5, 0.6) is 0 Å². The average molecular weight is 380 g/mol. The fraction of sp³-hybridized carbons (Fsp3) is 0.182. The van der Waals surface area contributed by atoms with E-state index in [4.69, 9.17) is 17.4 Å². The molecule has 0 spiro atoms. The Kier molecular flexibility index (Phi) is 4.75. The number of rotatable bonds is 4. The van der Waals surface area contributed by atoms with E-state index in [1.54, 1.807) is 11.3 Å². The van der Waals surface area contributed by atoms with E-state index in [-0.39, 0.29) is 6.04 Å². The van der Waals surface area contributed by atoms with E-state index in [0.29, 0.717) is 0 Å². The van der Waals surface area contributed by atoms with Gasteiger partial charge in [-0.15, -0.1) is 11.3 Å². The van der Waals surface area contributed by atoms with E-state index < -0.39 is 0 Å². The molecule has 0 radical (unpaired) electrons. The molecule has 2 rings (SSSR count). The summed E-state index contributed by atoms with van der Waals surface area (Å²) in [7, 11) is 0. The molecule has 1 atom stereocenters. The Morgan fingerprint density at radius 3 is 2.94 bits per heavy atom. The van der Waals surface area contributed by atoms with Gasteiger partial charge in [0.1, 0.15) is 0 Å². The third kappa shape index (κ3) is 3.38. The van der Waals surface area contributed by atoms with Crippen LogP contribution in [0.15, 0.2) is 29.9 Å². The third-order valence-electron chi connectivity index (χ3n) is 2.44. The number of halogens is 2. The van der Waals surface area contributed by atoms with Crippen molar-refractivity contribution in [2.24, 2.45) is 5.84 Å². The van der Waals surface area contributed by atoms with Crippen LogP contribution in [-0.2, 0) is 6.42 Å². The minimum absolute atomic E-state index is 0.0601. The normalized spacial score (nSPS) is 12.6. The summed E-state index contributed by atoms with van der Waals surface area (Å²) < 4.78 is 1.04. The molecule has 1 unspecified atom stereocenters. The number of hydrogen-bond donors (Lipinski definition) is 2. The minimum Gasteiger partial charge on any atom is -0.271 e. The van der Waals surface area contributed by atoms with Gasteiger partial charge < -0.3 is 0 Å². The zero-order valence-electron chi connectivity index (χ0n) is 8.86. The highest BCUT2D eigenvalue weighted by Crippen LogP contribution is 2.25. The largest absolute Gasteiger partial charge is 0.271 e. The number of nitrogens with one attached hydrogen (secondary N) is 1. The number of hydrazine groups is 1. The lowest BCUT2D eigenvalue weighted by Crippen LogP contribution is -2.29. The van der Waals surface area contributed by atoms with Crippen LogP contribution in [0.2, 0.25) is 5.02 Å². The van der Waals surface area contributed by atoms with Crippen LogP contribution in [0.3, 0.4) is 0 Å². The Morgan fingerprint density at radius 2 is 2.35 bits per heavy atom. The van der Waals surface area contributed by atoms with Gasteiger partial charge >= 0.3 is 0 Å². The lowest BCUT2D eigenvalue weighted by Gasteiger charge is -2.15. The molecule has 1 aromatic carbocycles. The number of nitrogens with two attached hydrogens (primary N) is 1. The topological polar surface area (TPSA) is 50.9 Å². The van der Waals surface area contributed by atoms with Crippen molar-refractivity contribution in [3.8, 4) is 0 Å². The third-order valence-corrected chi connectivity index (χ3v) is 4.81. The molecule has 90 valence electrons. The summed E-state index contributed by atoms with van der Waals surface area (Å²) in [6, 6.07) is 6.05. The maximum Gasteiger partial charge on any atom is 0.0794 e. The summed E-state index contributed by atoms with van der Waals surface area (Å²) in [6.45, 7) is 0. The molecular weight excluding hydrogens is 369 g/mol. The molecule has 2 aromatic rings. The highest BCUT2D eigenvalue weighted by molar-refractivity contribution is 14.1. The van der Waals surface area contributed by atoms with Gasteiger partial charge in [-0.25, -0.2) is 0 Å². The zero-order chi connectivity index (χ0) is 12.3. The van der Waals surface area contributed by atoms with Gasteiger partial charge in [-0.05, 0) is 40.3 Å². The molecule has 0 bridgehead atoms. The number of hydrogen-bond acceptors (Lipinski definition) is 4. The Morgan fingerprint density at radius 1 is 1.53 bits per heavy atom. The number of aromatic nitrogens is 1. The second-order valence-corrected chi connectivity index (χ2v) is 6.10. The summed E-state index contributed by atoms with van der Waals surface area (Å²) >= 11 is 9.95. The quantitative estimate of drug-likeness (QED) is 0.487. The van der Waals surface area contributed by atoms with Gasteiger partial charge in [-0.2, -0.15) is 0 Å². The number of thiazole rings is 1. The molecule has 3 N–H and O–H groups in total. The van der Waals surface area contributed by atoms with Gasteiger partial charge in [0, 0.05) is 21.1 Å². The lowest BCUT2D eigenvalue weighted by atomic mass is 10.0. The molecule has 1 heterocycles. The van der Waals surface area contributed by atoms with Crippen molar-refractivity contribution >= 4 is 45.5 Å². The maximum atomic E-state index is 6.11. The summed E-state index contributed by atoms with van der Waals surface area (Å²) in [5.74, 6) is 5.60. The Bertz CT molecular complexity index is 489. The van der Waals surface area contributed by atoms with E-state index in [2.05, 4.69) is 33.0 Å². The van der Waals surface area contributed by atoms with Crippen molar-refractivity contribution in [2.45, 2.75) is 12.5 Å². The first-order valence-corrected chi connectivity index (χ1v) is 7.33. The van der Waals surface area contributed by atoms with Crippen LogP contribution in [0, 0.1) is 3.57 Å². The van der Waals surface area contributed by atoms with Gasteiger partial charge in [0.05, 0.1) is 16.6 Å². The summed E-state index contributed by atoms with van der Waals surface area (Å²) in [5.41, 5.74) is 5.73. The van der Waals surface area contributed by atoms with E-state index in [9.17, 15) is 0 Å². The molecular formula is C11H11ClIN3S. The SMILES string of the molecule is NNC(Cc1cncs1)c1ccc(I)c(Cl)c1. The van der Waals surface area contributed by atoms with E-state index in [0.717, 1.165) is 20.6 Å². The van der Waals surface area contributed by atoms with Crippen LogP contribution in [0.25, 0.3) is 0 Å². The second-order valence-electron chi connectivity index (χ2n) is 3.56. The molecule has 0 saturated carbocycles. The Labute approximate surface area is 123 Å². The van der Waals surface area contributed by atoms with Gasteiger partial charge in [0.25, 0.3) is 0 Å². The van der Waals surface area contributed by atoms with Crippen molar-refractivity contribution in [2.75, 3.05) is 0 Å². The molecule has 6 heteroatoms. The molecule has 0 aliphatic rings. The zero-order valence-corrected chi connectivity index (χ0v) is 12.6. The molecule has 0 saturated heterocycles. The van der Waals surface area contributed by atoms with E-state index >= 15 is 0 Å². The van der Waals surface area contributed by atoms with Crippen LogP contribution in [0.4, 0.5) is 0 Å². The first kappa shape index (κ1) is 13.2.